The highest BCUT2D eigenvalue weighted by molar-refractivity contribution is 5.31. The highest BCUT2D eigenvalue weighted by Crippen LogP contribution is 2.22. The molecule has 1 aromatic carbocycles. The molecule has 0 aliphatic carbocycles. The number of hydrogen-bond acceptors (Lipinski definition) is 2. The van der Waals surface area contributed by atoms with E-state index < -0.39 is 0 Å². The first-order valence-corrected chi connectivity index (χ1v) is 5.95. The standard InChI is InChI=1S/C14H23NO/c1-5-6-13(16-4)14(15)12-8-10(2)7-11(3)9-12/h7-9,13-14H,5-6,15H2,1-4H3. The SMILES string of the molecule is CCCC(OC)C(N)c1cc(C)cc(C)c1. The molecule has 90 valence electrons. The lowest BCUT2D eigenvalue weighted by Gasteiger charge is -2.23. The van der Waals surface area contributed by atoms with E-state index in [1.54, 1.807) is 7.11 Å². The van der Waals surface area contributed by atoms with Crippen molar-refractivity contribution in [3.05, 3.63) is 34.9 Å². The van der Waals surface area contributed by atoms with Crippen molar-refractivity contribution in [2.45, 2.75) is 45.8 Å². The van der Waals surface area contributed by atoms with Gasteiger partial charge in [-0.1, -0.05) is 42.7 Å². The van der Waals surface area contributed by atoms with Crippen LogP contribution in [0.4, 0.5) is 0 Å². The number of ether oxygens (including phenoxy) is 1. The van der Waals surface area contributed by atoms with Gasteiger partial charge in [0.05, 0.1) is 12.1 Å². The summed E-state index contributed by atoms with van der Waals surface area (Å²) >= 11 is 0. The summed E-state index contributed by atoms with van der Waals surface area (Å²) in [5.41, 5.74) is 9.95. The van der Waals surface area contributed by atoms with E-state index in [-0.39, 0.29) is 12.1 Å². The Morgan fingerprint density at radius 3 is 2.19 bits per heavy atom. The van der Waals surface area contributed by atoms with Crippen molar-refractivity contribution < 1.29 is 4.74 Å². The summed E-state index contributed by atoms with van der Waals surface area (Å²) in [6.45, 7) is 6.36. The zero-order valence-corrected chi connectivity index (χ0v) is 10.8. The van der Waals surface area contributed by atoms with Crippen LogP contribution >= 0.6 is 0 Å². The van der Waals surface area contributed by atoms with Crippen LogP contribution in [0.2, 0.25) is 0 Å². The number of nitrogens with two attached hydrogens (primary N) is 1. The molecule has 2 atom stereocenters. The molecule has 0 amide bonds. The molecule has 0 aliphatic heterocycles. The van der Waals surface area contributed by atoms with Crippen molar-refractivity contribution in [1.29, 1.82) is 0 Å². The third-order valence-corrected chi connectivity index (χ3v) is 2.91. The van der Waals surface area contributed by atoms with Gasteiger partial charge in [-0.3, -0.25) is 0 Å². The topological polar surface area (TPSA) is 35.2 Å². The Morgan fingerprint density at radius 2 is 1.75 bits per heavy atom. The molecule has 0 heterocycles. The molecular formula is C14H23NO. The molecule has 1 aromatic rings. The molecule has 2 heteroatoms. The summed E-state index contributed by atoms with van der Waals surface area (Å²) in [5, 5.41) is 0. The molecule has 0 fully saturated rings. The van der Waals surface area contributed by atoms with Gasteiger partial charge in [0.25, 0.3) is 0 Å². The maximum absolute atomic E-state index is 6.25. The Labute approximate surface area is 98.8 Å². The number of methoxy groups -OCH3 is 1. The van der Waals surface area contributed by atoms with Gasteiger partial charge in [0.1, 0.15) is 0 Å². The summed E-state index contributed by atoms with van der Waals surface area (Å²) < 4.78 is 5.46. The zero-order valence-electron chi connectivity index (χ0n) is 10.8. The van der Waals surface area contributed by atoms with Crippen molar-refractivity contribution >= 4 is 0 Å². The largest absolute Gasteiger partial charge is 0.379 e. The molecule has 1 rings (SSSR count). The second-order valence-electron chi connectivity index (χ2n) is 4.51. The molecule has 0 saturated heterocycles. The molecule has 2 nitrogen and oxygen atoms in total. The van der Waals surface area contributed by atoms with E-state index in [4.69, 9.17) is 10.5 Å². The Balaban J connectivity index is 2.89. The Hall–Kier alpha value is -0.860. The van der Waals surface area contributed by atoms with Crippen LogP contribution < -0.4 is 5.73 Å². The summed E-state index contributed by atoms with van der Waals surface area (Å²) in [5.74, 6) is 0. The monoisotopic (exact) mass is 221 g/mol. The predicted octanol–water partition coefficient (Wildman–Crippen LogP) is 3.12. The van der Waals surface area contributed by atoms with E-state index in [0.29, 0.717) is 0 Å². The average molecular weight is 221 g/mol. The minimum atomic E-state index is -0.0245. The Kier molecular flexibility index (Phi) is 4.97. The van der Waals surface area contributed by atoms with Gasteiger partial charge in [0.15, 0.2) is 0 Å². The smallest absolute Gasteiger partial charge is 0.0763 e. The van der Waals surface area contributed by atoms with Crippen LogP contribution in [0.25, 0.3) is 0 Å². The maximum Gasteiger partial charge on any atom is 0.0763 e. The lowest BCUT2D eigenvalue weighted by Crippen LogP contribution is -2.28. The summed E-state index contributed by atoms with van der Waals surface area (Å²) in [7, 11) is 1.74. The van der Waals surface area contributed by atoms with E-state index in [2.05, 4.69) is 39.0 Å². The first-order chi connectivity index (χ1) is 7.58. The van der Waals surface area contributed by atoms with Crippen molar-refractivity contribution in [3.8, 4) is 0 Å². The molecule has 0 aliphatic rings. The van der Waals surface area contributed by atoms with Gasteiger partial charge < -0.3 is 10.5 Å². The van der Waals surface area contributed by atoms with E-state index in [0.717, 1.165) is 12.8 Å². The van der Waals surface area contributed by atoms with E-state index in [9.17, 15) is 0 Å². The molecule has 0 saturated carbocycles. The minimum absolute atomic E-state index is 0.0245. The van der Waals surface area contributed by atoms with Crippen LogP contribution in [0, 0.1) is 13.8 Å². The first kappa shape index (κ1) is 13.2. The molecule has 16 heavy (non-hydrogen) atoms. The number of aryl methyl sites for hydroxylation is 2. The van der Waals surface area contributed by atoms with Gasteiger partial charge in [-0.15, -0.1) is 0 Å². The van der Waals surface area contributed by atoms with Crippen molar-refractivity contribution in [2.75, 3.05) is 7.11 Å². The van der Waals surface area contributed by atoms with E-state index >= 15 is 0 Å². The van der Waals surface area contributed by atoms with Gasteiger partial charge in [0.2, 0.25) is 0 Å². The highest BCUT2D eigenvalue weighted by Gasteiger charge is 2.18. The lowest BCUT2D eigenvalue weighted by atomic mass is 9.96. The van der Waals surface area contributed by atoms with Gasteiger partial charge in [-0.2, -0.15) is 0 Å². The fourth-order valence-corrected chi connectivity index (χ4v) is 2.15. The fourth-order valence-electron chi connectivity index (χ4n) is 2.15. The second-order valence-corrected chi connectivity index (χ2v) is 4.51. The fraction of sp³-hybridized carbons (Fsp3) is 0.571. The lowest BCUT2D eigenvalue weighted by molar-refractivity contribution is 0.0725. The second kappa shape index (κ2) is 6.02. The average Bonchev–Trinajstić information content (AvgIpc) is 2.23. The van der Waals surface area contributed by atoms with Crippen molar-refractivity contribution in [1.82, 2.24) is 0 Å². The molecule has 0 spiro atoms. The number of rotatable bonds is 5. The highest BCUT2D eigenvalue weighted by atomic mass is 16.5. The summed E-state index contributed by atoms with van der Waals surface area (Å²) in [6.07, 6.45) is 2.22. The third-order valence-electron chi connectivity index (χ3n) is 2.91. The van der Waals surface area contributed by atoms with Crippen molar-refractivity contribution in [3.63, 3.8) is 0 Å². The maximum atomic E-state index is 6.25. The van der Waals surface area contributed by atoms with Gasteiger partial charge in [0, 0.05) is 7.11 Å². The van der Waals surface area contributed by atoms with Gasteiger partial charge in [-0.25, -0.2) is 0 Å². The van der Waals surface area contributed by atoms with E-state index in [1.165, 1.54) is 16.7 Å². The van der Waals surface area contributed by atoms with Crippen LogP contribution in [0.1, 0.15) is 42.5 Å². The van der Waals surface area contributed by atoms with Gasteiger partial charge >= 0.3 is 0 Å². The number of benzene rings is 1. The Morgan fingerprint density at radius 1 is 1.19 bits per heavy atom. The molecule has 2 unspecified atom stereocenters. The van der Waals surface area contributed by atoms with Crippen LogP contribution in [0.15, 0.2) is 18.2 Å². The van der Waals surface area contributed by atoms with Gasteiger partial charge in [-0.05, 0) is 25.8 Å². The predicted molar refractivity (Wildman–Crippen MR) is 68.5 cm³/mol. The molecular weight excluding hydrogens is 198 g/mol. The number of hydrogen-bond donors (Lipinski definition) is 1. The summed E-state index contributed by atoms with van der Waals surface area (Å²) in [6, 6.07) is 6.44. The summed E-state index contributed by atoms with van der Waals surface area (Å²) in [4.78, 5) is 0. The van der Waals surface area contributed by atoms with Crippen molar-refractivity contribution in [2.24, 2.45) is 5.73 Å². The zero-order chi connectivity index (χ0) is 12.1. The molecule has 2 N–H and O–H groups in total. The third kappa shape index (κ3) is 3.32. The molecule has 0 bridgehead atoms. The van der Waals surface area contributed by atoms with Crippen LogP contribution in [-0.2, 0) is 4.74 Å². The minimum Gasteiger partial charge on any atom is -0.379 e. The normalized spacial score (nSPS) is 14.8. The molecule has 0 radical (unpaired) electrons. The van der Waals surface area contributed by atoms with Crippen LogP contribution in [0.3, 0.4) is 0 Å². The molecule has 0 aromatic heterocycles. The van der Waals surface area contributed by atoms with Crippen LogP contribution in [0.5, 0.6) is 0 Å². The first-order valence-electron chi connectivity index (χ1n) is 5.95. The van der Waals surface area contributed by atoms with E-state index in [1.807, 2.05) is 0 Å². The van der Waals surface area contributed by atoms with Crippen LogP contribution in [-0.4, -0.2) is 13.2 Å². The quantitative estimate of drug-likeness (QED) is 0.829. The Bertz CT molecular complexity index is 315.